The van der Waals surface area contributed by atoms with Crippen LogP contribution in [0.3, 0.4) is 0 Å². The summed E-state index contributed by atoms with van der Waals surface area (Å²) in [6.07, 6.45) is 4.13. The zero-order valence-electron chi connectivity index (χ0n) is 31.3. The van der Waals surface area contributed by atoms with Crippen molar-refractivity contribution >= 4 is 19.7 Å². The number of hydrogen-bond donors (Lipinski definition) is 2. The Labute approximate surface area is 327 Å². The van der Waals surface area contributed by atoms with Crippen LogP contribution in [0.1, 0.15) is 54.3 Å². The van der Waals surface area contributed by atoms with Crippen LogP contribution in [-0.4, -0.2) is 81.7 Å². The Bertz CT molecular complexity index is 1630. The molecule has 2 fully saturated rings. The Hall–Kier alpha value is -2.03. The van der Waals surface area contributed by atoms with E-state index < -0.39 is 31.9 Å². The van der Waals surface area contributed by atoms with Gasteiger partial charge >= 0.3 is 29.6 Å². The monoisotopic (exact) mass is 755 g/mol. The molecule has 0 aliphatic carbocycles. The van der Waals surface area contributed by atoms with E-state index in [1.807, 2.05) is 26.8 Å². The van der Waals surface area contributed by atoms with Gasteiger partial charge in [-0.2, -0.15) is 0 Å². The Balaban J connectivity index is 0.000000502. The van der Waals surface area contributed by atoms with E-state index >= 15 is 0 Å². The molecular weight excluding hydrogens is 702 g/mol. The van der Waals surface area contributed by atoms with Crippen molar-refractivity contribution in [2.75, 3.05) is 18.1 Å². The van der Waals surface area contributed by atoms with Crippen molar-refractivity contribution in [3.05, 3.63) is 96.4 Å². The standard InChI is InChI=1S/C19H28O4S.C18H25N3O4S.Na.H/c1-4-9-18-17(14(3)19(23-18)12-15(20)5-2)13-24(21,22)16-10-7-6-8-11-16;1-3-7-17-16(12-26(23,24)15-8-5-4-6-9-15)13(2)18(25-17)10-14(22)11-20-21-19;;/h4,6-8,10-11,14-15,17-20H,1,5,9,12-13H2,2-3H3;3-6,8-9,13-14,16-18,22H,1,7,10-12H2,2H3;;/q;;+1;-1/t14-,15-,17-,18+,19-;13-,14+,16-,17+,18-;;/m11../s1. The van der Waals surface area contributed by atoms with Gasteiger partial charge in [-0.1, -0.05) is 74.4 Å². The first-order valence-corrected chi connectivity index (χ1v) is 20.5. The van der Waals surface area contributed by atoms with E-state index in [1.165, 1.54) is 0 Å². The van der Waals surface area contributed by atoms with Gasteiger partial charge in [0, 0.05) is 16.7 Å². The Morgan fingerprint density at radius 3 is 1.53 bits per heavy atom. The summed E-state index contributed by atoms with van der Waals surface area (Å²) < 4.78 is 63.1. The van der Waals surface area contributed by atoms with Gasteiger partial charge in [0.1, 0.15) is 0 Å². The van der Waals surface area contributed by atoms with Crippen molar-refractivity contribution in [1.82, 2.24) is 0 Å². The van der Waals surface area contributed by atoms with Crippen molar-refractivity contribution in [1.29, 1.82) is 0 Å². The average Bonchev–Trinajstić information content (AvgIpc) is 3.54. The molecule has 278 valence electrons. The largest absolute Gasteiger partial charge is 1.00 e. The molecule has 0 bridgehead atoms. The molecule has 0 radical (unpaired) electrons. The fourth-order valence-electron chi connectivity index (χ4n) is 6.84. The van der Waals surface area contributed by atoms with Crippen molar-refractivity contribution < 1.29 is 67.5 Å². The Morgan fingerprint density at radius 2 is 1.18 bits per heavy atom. The molecule has 0 spiro atoms. The van der Waals surface area contributed by atoms with Gasteiger partial charge in [-0.05, 0) is 73.7 Å². The first-order chi connectivity index (χ1) is 23.8. The summed E-state index contributed by atoms with van der Waals surface area (Å²) in [5.74, 6) is -0.222. The number of aliphatic hydroxyl groups excluding tert-OH is 2. The van der Waals surface area contributed by atoms with Crippen molar-refractivity contribution in [2.45, 2.75) is 99.3 Å². The molecule has 14 heteroatoms. The van der Waals surface area contributed by atoms with Crippen LogP contribution in [0.2, 0.25) is 0 Å². The maximum atomic E-state index is 12.8. The zero-order chi connectivity index (χ0) is 36.9. The Kier molecular flexibility index (Phi) is 19.1. The van der Waals surface area contributed by atoms with E-state index in [1.54, 1.807) is 66.7 Å². The summed E-state index contributed by atoms with van der Waals surface area (Å²) in [5, 5.41) is 23.3. The average molecular weight is 756 g/mol. The second kappa shape index (κ2) is 21.6. The van der Waals surface area contributed by atoms with Crippen LogP contribution in [0.4, 0.5) is 0 Å². The molecule has 2 aromatic carbocycles. The first kappa shape index (κ1) is 45.1. The van der Waals surface area contributed by atoms with Crippen LogP contribution in [0.25, 0.3) is 10.4 Å². The van der Waals surface area contributed by atoms with Gasteiger partial charge in [-0.3, -0.25) is 0 Å². The number of aliphatic hydroxyl groups is 2. The van der Waals surface area contributed by atoms with Gasteiger partial charge in [0.2, 0.25) is 0 Å². The smallest absolute Gasteiger partial charge is 1.00 e. The van der Waals surface area contributed by atoms with Gasteiger partial charge in [0.05, 0.1) is 64.5 Å². The number of hydrogen-bond acceptors (Lipinski definition) is 9. The van der Waals surface area contributed by atoms with E-state index in [2.05, 4.69) is 23.2 Å². The summed E-state index contributed by atoms with van der Waals surface area (Å²) in [5.41, 5.74) is 8.36. The molecule has 2 aliphatic heterocycles. The maximum Gasteiger partial charge on any atom is 1.00 e. The predicted octanol–water partition coefficient (Wildman–Crippen LogP) is 3.45. The molecule has 2 saturated heterocycles. The van der Waals surface area contributed by atoms with E-state index in [0.29, 0.717) is 41.9 Å². The summed E-state index contributed by atoms with van der Waals surface area (Å²) in [6, 6.07) is 16.9. The summed E-state index contributed by atoms with van der Waals surface area (Å²) >= 11 is 0. The summed E-state index contributed by atoms with van der Waals surface area (Å²) in [7, 11) is -6.80. The second-order valence-corrected chi connectivity index (χ2v) is 17.4. The van der Waals surface area contributed by atoms with Crippen LogP contribution in [0, 0.1) is 23.7 Å². The van der Waals surface area contributed by atoms with Gasteiger partial charge in [0.15, 0.2) is 19.7 Å². The molecule has 10 atom stereocenters. The maximum absolute atomic E-state index is 12.8. The van der Waals surface area contributed by atoms with Crippen LogP contribution in [-0.2, 0) is 29.1 Å². The summed E-state index contributed by atoms with van der Waals surface area (Å²) in [4.78, 5) is 3.30. The number of nitrogens with zero attached hydrogens (tertiary/aromatic N) is 3. The normalized spacial score (nSPS) is 27.2. The summed E-state index contributed by atoms with van der Waals surface area (Å²) in [6.45, 7) is 13.4. The number of sulfone groups is 2. The third-order valence-electron chi connectivity index (χ3n) is 9.84. The molecular formula is C37H54N3NaO8S2. The molecule has 0 saturated carbocycles. The second-order valence-electron chi connectivity index (χ2n) is 13.3. The number of rotatable bonds is 17. The van der Waals surface area contributed by atoms with Gasteiger partial charge in [-0.25, -0.2) is 16.8 Å². The molecule has 51 heavy (non-hydrogen) atoms. The van der Waals surface area contributed by atoms with Crippen molar-refractivity contribution in [3.63, 3.8) is 0 Å². The van der Waals surface area contributed by atoms with Crippen molar-refractivity contribution in [3.8, 4) is 0 Å². The molecule has 0 amide bonds. The number of benzene rings is 2. The predicted molar refractivity (Wildman–Crippen MR) is 196 cm³/mol. The zero-order valence-corrected chi connectivity index (χ0v) is 33.9. The van der Waals surface area contributed by atoms with Crippen LogP contribution < -0.4 is 29.6 Å². The number of azide groups is 1. The van der Waals surface area contributed by atoms with Crippen LogP contribution >= 0.6 is 0 Å². The topological polar surface area (TPSA) is 176 Å². The molecule has 4 rings (SSSR count). The minimum atomic E-state index is -3.44. The van der Waals surface area contributed by atoms with E-state index in [-0.39, 0.29) is 97.1 Å². The third-order valence-corrected chi connectivity index (χ3v) is 13.5. The van der Waals surface area contributed by atoms with Crippen LogP contribution in [0.15, 0.2) is 101 Å². The molecule has 0 unspecified atom stereocenters. The van der Waals surface area contributed by atoms with Gasteiger partial charge in [-0.15, -0.1) is 13.2 Å². The van der Waals surface area contributed by atoms with E-state index in [4.69, 9.17) is 15.0 Å². The van der Waals surface area contributed by atoms with Gasteiger partial charge < -0.3 is 21.1 Å². The molecule has 11 nitrogen and oxygen atoms in total. The van der Waals surface area contributed by atoms with Crippen molar-refractivity contribution in [2.24, 2.45) is 28.8 Å². The molecule has 2 aliphatic rings. The van der Waals surface area contributed by atoms with Gasteiger partial charge in [0.25, 0.3) is 0 Å². The quantitative estimate of drug-likeness (QED) is 0.0812. The minimum absolute atomic E-state index is 0. The van der Waals surface area contributed by atoms with E-state index in [9.17, 15) is 27.0 Å². The molecule has 2 N–H and O–H groups in total. The molecule has 0 aromatic heterocycles. The first-order valence-electron chi connectivity index (χ1n) is 17.2. The Morgan fingerprint density at radius 1 is 0.784 bits per heavy atom. The van der Waals surface area contributed by atoms with Crippen LogP contribution in [0.5, 0.6) is 0 Å². The van der Waals surface area contributed by atoms with E-state index in [0.717, 1.165) is 0 Å². The fraction of sp³-hybridized carbons (Fsp3) is 0.568. The SMILES string of the molecule is C=CC[C@@H]1O[C@H](C[C@H](O)CC)[C@H](C)[C@H]1CS(=O)(=O)c1ccccc1.C=CC[C@@H]1O[C@H](C[C@H](O)CN=[N+]=[N-])[C@H](C)[C@H]1CS(=O)(=O)c1ccccc1.[H-].[Na+]. The third kappa shape index (κ3) is 13.1. The molecule has 2 heterocycles. The minimum Gasteiger partial charge on any atom is -1.00 e. The fourth-order valence-corrected chi connectivity index (χ4v) is 10.4. The molecule has 2 aromatic rings. The number of ether oxygens (including phenoxy) is 2.